The van der Waals surface area contributed by atoms with E-state index in [0.29, 0.717) is 0 Å². The van der Waals surface area contributed by atoms with Crippen LogP contribution in [0.15, 0.2) is 72.8 Å². The standard InChI is InChI=1S/C25H17N/c1-15-18-7-4-5-9-23(18)26-25-22(15)14-17-11-12-20-19-8-3-2-6-16(19)10-13-21(20)24(17)25/h2-13H,14H2,1H3. The van der Waals surface area contributed by atoms with Crippen LogP contribution in [0.4, 0.5) is 0 Å². The summed E-state index contributed by atoms with van der Waals surface area (Å²) in [5, 5.41) is 6.53. The molecule has 1 nitrogen and oxygen atoms in total. The highest BCUT2D eigenvalue weighted by molar-refractivity contribution is 6.13. The average Bonchev–Trinajstić information content (AvgIpc) is 3.07. The van der Waals surface area contributed by atoms with Gasteiger partial charge in [-0.2, -0.15) is 0 Å². The number of benzene rings is 4. The maximum atomic E-state index is 5.09. The molecular weight excluding hydrogens is 314 g/mol. The first-order valence-electron chi connectivity index (χ1n) is 9.13. The van der Waals surface area contributed by atoms with E-state index in [-0.39, 0.29) is 0 Å². The first kappa shape index (κ1) is 14.0. The smallest absolute Gasteiger partial charge is 0.0756 e. The molecule has 1 heterocycles. The van der Waals surface area contributed by atoms with E-state index in [0.717, 1.165) is 11.9 Å². The number of hydrogen-bond acceptors (Lipinski definition) is 1. The van der Waals surface area contributed by atoms with Crippen LogP contribution in [0.25, 0.3) is 43.7 Å². The van der Waals surface area contributed by atoms with Crippen LogP contribution in [-0.2, 0) is 6.42 Å². The maximum absolute atomic E-state index is 5.09. The Morgan fingerprint density at radius 3 is 2.38 bits per heavy atom. The zero-order valence-electron chi connectivity index (χ0n) is 14.6. The molecule has 0 radical (unpaired) electrons. The van der Waals surface area contributed by atoms with E-state index in [1.54, 1.807) is 0 Å². The van der Waals surface area contributed by atoms with Crippen molar-refractivity contribution in [3.8, 4) is 11.3 Å². The quantitative estimate of drug-likeness (QED) is 0.293. The number of nitrogens with zero attached hydrogens (tertiary/aromatic N) is 1. The van der Waals surface area contributed by atoms with Crippen LogP contribution in [0.2, 0.25) is 0 Å². The Morgan fingerprint density at radius 2 is 1.46 bits per heavy atom. The highest BCUT2D eigenvalue weighted by Gasteiger charge is 2.25. The molecule has 0 amide bonds. The van der Waals surface area contributed by atoms with Crippen molar-refractivity contribution in [3.63, 3.8) is 0 Å². The second kappa shape index (κ2) is 4.92. The van der Waals surface area contributed by atoms with Gasteiger partial charge in [0.25, 0.3) is 0 Å². The predicted molar refractivity (Wildman–Crippen MR) is 110 cm³/mol. The van der Waals surface area contributed by atoms with Gasteiger partial charge in [-0.15, -0.1) is 0 Å². The molecule has 0 saturated carbocycles. The molecule has 5 aromatic rings. The molecule has 0 fully saturated rings. The summed E-state index contributed by atoms with van der Waals surface area (Å²) in [6.07, 6.45) is 0.983. The topological polar surface area (TPSA) is 12.9 Å². The Balaban J connectivity index is 1.77. The second-order valence-electron chi connectivity index (χ2n) is 7.24. The third-order valence-electron chi connectivity index (χ3n) is 5.90. The largest absolute Gasteiger partial charge is 0.247 e. The predicted octanol–water partition coefficient (Wildman–Crippen LogP) is 6.42. The van der Waals surface area contributed by atoms with Crippen LogP contribution in [-0.4, -0.2) is 4.98 Å². The third kappa shape index (κ3) is 1.72. The van der Waals surface area contributed by atoms with Crippen LogP contribution in [0.3, 0.4) is 0 Å². The highest BCUT2D eigenvalue weighted by atomic mass is 14.7. The minimum Gasteiger partial charge on any atom is -0.247 e. The summed E-state index contributed by atoms with van der Waals surface area (Å²) in [7, 11) is 0. The molecule has 1 heteroatoms. The Hall–Kier alpha value is -3.19. The fourth-order valence-corrected chi connectivity index (χ4v) is 4.59. The van der Waals surface area contributed by atoms with E-state index < -0.39 is 0 Å². The van der Waals surface area contributed by atoms with Crippen molar-refractivity contribution in [2.75, 3.05) is 0 Å². The van der Waals surface area contributed by atoms with Crippen LogP contribution in [0.1, 0.15) is 16.7 Å². The number of fused-ring (bicyclic) bond motifs is 8. The molecule has 1 aliphatic rings. The summed E-state index contributed by atoms with van der Waals surface area (Å²) < 4.78 is 0. The van der Waals surface area contributed by atoms with Gasteiger partial charge in [-0.1, -0.05) is 66.7 Å². The van der Waals surface area contributed by atoms with Gasteiger partial charge in [0, 0.05) is 17.4 Å². The Morgan fingerprint density at radius 1 is 0.692 bits per heavy atom. The van der Waals surface area contributed by atoms with Gasteiger partial charge in [-0.3, -0.25) is 0 Å². The summed E-state index contributed by atoms with van der Waals surface area (Å²) >= 11 is 0. The van der Waals surface area contributed by atoms with E-state index in [2.05, 4.69) is 79.7 Å². The van der Waals surface area contributed by atoms with Gasteiger partial charge in [0.1, 0.15) is 0 Å². The fraction of sp³-hybridized carbons (Fsp3) is 0.0800. The number of pyridine rings is 1. The Kier molecular flexibility index (Phi) is 2.66. The second-order valence-corrected chi connectivity index (χ2v) is 7.24. The minimum atomic E-state index is 0.983. The van der Waals surface area contributed by atoms with Crippen molar-refractivity contribution in [2.45, 2.75) is 13.3 Å². The van der Waals surface area contributed by atoms with Gasteiger partial charge in [0.2, 0.25) is 0 Å². The average molecular weight is 331 g/mol. The molecule has 1 aromatic heterocycles. The fourth-order valence-electron chi connectivity index (χ4n) is 4.59. The van der Waals surface area contributed by atoms with Gasteiger partial charge in [-0.05, 0) is 51.2 Å². The lowest BCUT2D eigenvalue weighted by Gasteiger charge is -2.11. The number of hydrogen-bond donors (Lipinski definition) is 0. The summed E-state index contributed by atoms with van der Waals surface area (Å²) in [5.74, 6) is 0. The molecule has 0 bridgehead atoms. The molecule has 0 spiro atoms. The van der Waals surface area contributed by atoms with Gasteiger partial charge < -0.3 is 0 Å². The number of para-hydroxylation sites is 1. The van der Waals surface area contributed by atoms with Crippen molar-refractivity contribution in [3.05, 3.63) is 89.5 Å². The molecule has 0 aliphatic heterocycles. The molecule has 1 aliphatic carbocycles. The van der Waals surface area contributed by atoms with E-state index in [1.807, 2.05) is 0 Å². The summed E-state index contributed by atoms with van der Waals surface area (Å²) in [6, 6.07) is 26.2. The molecule has 0 atom stereocenters. The summed E-state index contributed by atoms with van der Waals surface area (Å²) in [4.78, 5) is 5.09. The maximum Gasteiger partial charge on any atom is 0.0756 e. The lowest BCUT2D eigenvalue weighted by atomic mass is 9.95. The minimum absolute atomic E-state index is 0.983. The van der Waals surface area contributed by atoms with Crippen LogP contribution in [0, 0.1) is 6.92 Å². The molecule has 26 heavy (non-hydrogen) atoms. The van der Waals surface area contributed by atoms with Gasteiger partial charge in [0.15, 0.2) is 0 Å². The first-order valence-corrected chi connectivity index (χ1v) is 9.13. The molecular formula is C25H17N. The summed E-state index contributed by atoms with van der Waals surface area (Å²) in [5.41, 5.74) is 7.76. The third-order valence-corrected chi connectivity index (χ3v) is 5.90. The van der Waals surface area contributed by atoms with Crippen molar-refractivity contribution >= 4 is 32.4 Å². The molecule has 122 valence electrons. The lowest BCUT2D eigenvalue weighted by molar-refractivity contribution is 1.21. The lowest BCUT2D eigenvalue weighted by Crippen LogP contribution is -1.92. The number of rotatable bonds is 0. The van der Waals surface area contributed by atoms with Crippen molar-refractivity contribution in [2.24, 2.45) is 0 Å². The molecule has 4 aromatic carbocycles. The van der Waals surface area contributed by atoms with E-state index >= 15 is 0 Å². The van der Waals surface area contributed by atoms with Crippen LogP contribution in [0.5, 0.6) is 0 Å². The Labute approximate surface area is 151 Å². The number of aryl methyl sites for hydroxylation is 1. The van der Waals surface area contributed by atoms with Gasteiger partial charge >= 0.3 is 0 Å². The van der Waals surface area contributed by atoms with Crippen molar-refractivity contribution in [1.82, 2.24) is 4.98 Å². The molecule has 6 rings (SSSR count). The molecule has 0 N–H and O–H groups in total. The summed E-state index contributed by atoms with van der Waals surface area (Å²) in [6.45, 7) is 2.24. The zero-order chi connectivity index (χ0) is 17.3. The first-order chi connectivity index (χ1) is 12.8. The number of aromatic nitrogens is 1. The van der Waals surface area contributed by atoms with Crippen LogP contribution >= 0.6 is 0 Å². The zero-order valence-corrected chi connectivity index (χ0v) is 14.6. The molecule has 0 unspecified atom stereocenters. The monoisotopic (exact) mass is 331 g/mol. The Bertz CT molecular complexity index is 1360. The highest BCUT2D eigenvalue weighted by Crippen LogP contribution is 2.44. The van der Waals surface area contributed by atoms with Gasteiger partial charge in [0.05, 0.1) is 11.2 Å². The SMILES string of the molecule is Cc1c2c(nc3ccccc13)-c1c(ccc3c1ccc1ccccc13)C2. The van der Waals surface area contributed by atoms with Crippen molar-refractivity contribution < 1.29 is 0 Å². The molecule has 0 saturated heterocycles. The normalized spacial score (nSPS) is 12.7. The van der Waals surface area contributed by atoms with E-state index in [1.165, 1.54) is 54.9 Å². The van der Waals surface area contributed by atoms with E-state index in [9.17, 15) is 0 Å². The van der Waals surface area contributed by atoms with Gasteiger partial charge in [-0.25, -0.2) is 4.98 Å². The van der Waals surface area contributed by atoms with Crippen LogP contribution < -0.4 is 0 Å². The van der Waals surface area contributed by atoms with Crippen molar-refractivity contribution in [1.29, 1.82) is 0 Å². The van der Waals surface area contributed by atoms with E-state index in [4.69, 9.17) is 4.98 Å².